The highest BCUT2D eigenvalue weighted by molar-refractivity contribution is 5.64. The molecule has 0 amide bonds. The number of nitrogens with zero attached hydrogens (tertiary/aromatic N) is 2. The Labute approximate surface area is 157 Å². The van der Waals surface area contributed by atoms with Crippen LogP contribution >= 0.6 is 0 Å². The van der Waals surface area contributed by atoms with E-state index in [0.717, 1.165) is 37.0 Å². The molecular weight excluding hydrogens is 345 g/mol. The van der Waals surface area contributed by atoms with Gasteiger partial charge in [0.2, 0.25) is 0 Å². The Morgan fingerprint density at radius 2 is 1.96 bits per heavy atom. The van der Waals surface area contributed by atoms with E-state index in [-0.39, 0.29) is 12.4 Å². The molecule has 0 unspecified atom stereocenters. The van der Waals surface area contributed by atoms with Crippen LogP contribution in [0, 0.1) is 5.82 Å². The number of hydrogen-bond donors (Lipinski definition) is 1. The van der Waals surface area contributed by atoms with Crippen LogP contribution in [-0.2, 0) is 13.0 Å². The van der Waals surface area contributed by atoms with E-state index in [9.17, 15) is 0 Å². The van der Waals surface area contributed by atoms with E-state index in [0.29, 0.717) is 28.8 Å². The van der Waals surface area contributed by atoms with Gasteiger partial charge in [0.05, 0.1) is 18.1 Å². The lowest BCUT2D eigenvalue weighted by Gasteiger charge is -2.28. The normalized spacial score (nSPS) is 14.1. The summed E-state index contributed by atoms with van der Waals surface area (Å²) in [6, 6.07) is 7.48. The molecule has 2 heterocycles. The van der Waals surface area contributed by atoms with Crippen molar-refractivity contribution in [1.82, 2.24) is 9.97 Å². The van der Waals surface area contributed by atoms with E-state index in [1.54, 1.807) is 6.07 Å². The summed E-state index contributed by atoms with van der Waals surface area (Å²) < 4.78 is 27.0. The third-order valence-electron chi connectivity index (χ3n) is 5.04. The number of anilines is 1. The summed E-state index contributed by atoms with van der Waals surface area (Å²) in [6.07, 6.45) is 6.97. The zero-order chi connectivity index (χ0) is 18.8. The predicted octanol–water partition coefficient (Wildman–Crippen LogP) is 4.87. The molecule has 27 heavy (non-hydrogen) atoms. The molecule has 140 valence electrons. The van der Waals surface area contributed by atoms with Crippen molar-refractivity contribution in [3.63, 3.8) is 0 Å². The molecule has 1 aliphatic carbocycles. The van der Waals surface area contributed by atoms with Crippen LogP contribution in [0.3, 0.4) is 0 Å². The molecule has 4 rings (SSSR count). The third kappa shape index (κ3) is 3.52. The Kier molecular flexibility index (Phi) is 4.79. The van der Waals surface area contributed by atoms with Crippen molar-refractivity contribution in [2.45, 2.75) is 45.1 Å². The minimum absolute atomic E-state index is 0.188. The highest BCUT2D eigenvalue weighted by Gasteiger charge is 2.27. The van der Waals surface area contributed by atoms with Crippen LogP contribution in [0.4, 0.5) is 10.2 Å². The fourth-order valence-electron chi connectivity index (χ4n) is 3.27. The minimum Gasteiger partial charge on any atom is -0.482 e. The molecule has 0 bridgehead atoms. The first-order valence-corrected chi connectivity index (χ1v) is 9.26. The van der Waals surface area contributed by atoms with Gasteiger partial charge in [0.15, 0.2) is 11.6 Å². The number of rotatable bonds is 6. The lowest BCUT2D eigenvalue weighted by molar-refractivity contribution is 0.248. The highest BCUT2D eigenvalue weighted by atomic mass is 19.1. The lowest BCUT2D eigenvalue weighted by Crippen LogP contribution is -2.12. The van der Waals surface area contributed by atoms with Crippen molar-refractivity contribution in [2.24, 2.45) is 0 Å². The van der Waals surface area contributed by atoms with E-state index in [2.05, 4.69) is 9.97 Å². The van der Waals surface area contributed by atoms with E-state index < -0.39 is 5.82 Å². The molecule has 6 heteroatoms. The first-order chi connectivity index (χ1) is 13.2. The first kappa shape index (κ1) is 17.5. The lowest BCUT2D eigenvalue weighted by atomic mass is 9.79. The van der Waals surface area contributed by atoms with Gasteiger partial charge in [-0.1, -0.05) is 19.4 Å². The summed E-state index contributed by atoms with van der Waals surface area (Å²) in [6.45, 7) is 2.21. The van der Waals surface area contributed by atoms with Gasteiger partial charge in [-0.2, -0.15) is 0 Å². The molecule has 0 atom stereocenters. The van der Waals surface area contributed by atoms with Gasteiger partial charge in [-0.25, -0.2) is 9.37 Å². The highest BCUT2D eigenvalue weighted by Crippen LogP contribution is 2.44. The van der Waals surface area contributed by atoms with Crippen LogP contribution in [0.1, 0.15) is 49.2 Å². The van der Waals surface area contributed by atoms with Crippen LogP contribution in [0.25, 0.3) is 11.3 Å². The Bertz CT molecular complexity index is 933. The molecule has 0 spiro atoms. The van der Waals surface area contributed by atoms with E-state index >= 15 is 4.39 Å². The molecule has 0 saturated heterocycles. The number of aromatic nitrogens is 2. The molecule has 1 saturated carbocycles. The molecule has 1 fully saturated rings. The van der Waals surface area contributed by atoms with Gasteiger partial charge in [0, 0.05) is 17.5 Å². The molecule has 2 aromatic heterocycles. The number of furan rings is 1. The van der Waals surface area contributed by atoms with Crippen molar-refractivity contribution in [3.05, 3.63) is 59.6 Å². The van der Waals surface area contributed by atoms with E-state index in [1.165, 1.54) is 12.4 Å². The second kappa shape index (κ2) is 7.39. The Morgan fingerprint density at radius 3 is 2.59 bits per heavy atom. The van der Waals surface area contributed by atoms with Gasteiger partial charge in [0.1, 0.15) is 23.9 Å². The van der Waals surface area contributed by atoms with Crippen molar-refractivity contribution < 1.29 is 13.5 Å². The first-order valence-electron chi connectivity index (χ1n) is 9.26. The van der Waals surface area contributed by atoms with Crippen LogP contribution in [-0.4, -0.2) is 9.97 Å². The number of benzene rings is 1. The summed E-state index contributed by atoms with van der Waals surface area (Å²) in [5.41, 5.74) is 7.28. The average molecular weight is 367 g/mol. The molecular formula is C21H22FN3O2. The maximum Gasteiger partial charge on any atom is 0.174 e. The third-order valence-corrected chi connectivity index (χ3v) is 5.04. The van der Waals surface area contributed by atoms with Gasteiger partial charge < -0.3 is 14.9 Å². The van der Waals surface area contributed by atoms with Gasteiger partial charge in [-0.3, -0.25) is 4.98 Å². The van der Waals surface area contributed by atoms with Gasteiger partial charge >= 0.3 is 0 Å². The zero-order valence-corrected chi connectivity index (χ0v) is 15.2. The van der Waals surface area contributed by atoms with Crippen molar-refractivity contribution in [1.29, 1.82) is 0 Å². The number of aryl methyl sites for hydroxylation is 1. The monoisotopic (exact) mass is 367 g/mol. The standard InChI is InChI=1S/C21H22FN3O2/c1-2-14-6-7-15(27-14)12-26-21-16(13-4-3-5-13)8-9-17(20(21)22)18-10-25-19(23)11-24-18/h6-11,13H,2-5,12H2,1H3,(H2,23,25). The van der Waals surface area contributed by atoms with Crippen LogP contribution in [0.5, 0.6) is 5.75 Å². The summed E-state index contributed by atoms with van der Waals surface area (Å²) in [4.78, 5) is 8.20. The Balaban J connectivity index is 1.67. The van der Waals surface area contributed by atoms with Crippen LogP contribution in [0.15, 0.2) is 41.1 Å². The number of nitrogens with two attached hydrogens (primary N) is 1. The fourth-order valence-corrected chi connectivity index (χ4v) is 3.27. The number of nitrogen functional groups attached to an aromatic ring is 1. The number of ether oxygens (including phenoxy) is 1. The smallest absolute Gasteiger partial charge is 0.174 e. The molecule has 2 N–H and O–H groups in total. The van der Waals surface area contributed by atoms with E-state index in [1.807, 2.05) is 25.1 Å². The average Bonchev–Trinajstić information content (AvgIpc) is 3.09. The van der Waals surface area contributed by atoms with Gasteiger partial charge in [-0.05, 0) is 37.0 Å². The molecule has 0 aliphatic heterocycles. The second-order valence-corrected chi connectivity index (χ2v) is 6.81. The van der Waals surface area contributed by atoms with Crippen molar-refractivity contribution in [3.8, 4) is 17.0 Å². The van der Waals surface area contributed by atoms with E-state index in [4.69, 9.17) is 14.9 Å². The minimum atomic E-state index is -0.416. The molecule has 0 radical (unpaired) electrons. The molecule has 1 aliphatic rings. The van der Waals surface area contributed by atoms with Gasteiger partial charge in [0.25, 0.3) is 0 Å². The maximum absolute atomic E-state index is 15.4. The number of halogens is 1. The summed E-state index contributed by atoms with van der Waals surface area (Å²) >= 11 is 0. The Hall–Kier alpha value is -2.89. The molecule has 3 aromatic rings. The summed E-state index contributed by atoms with van der Waals surface area (Å²) in [5.74, 6) is 2.07. The zero-order valence-electron chi connectivity index (χ0n) is 15.2. The topological polar surface area (TPSA) is 74.2 Å². The van der Waals surface area contributed by atoms with Crippen LogP contribution < -0.4 is 10.5 Å². The summed E-state index contributed by atoms with van der Waals surface area (Å²) in [7, 11) is 0. The summed E-state index contributed by atoms with van der Waals surface area (Å²) in [5, 5.41) is 0. The number of hydrogen-bond acceptors (Lipinski definition) is 5. The maximum atomic E-state index is 15.4. The predicted molar refractivity (Wildman–Crippen MR) is 101 cm³/mol. The fraction of sp³-hybridized carbons (Fsp3) is 0.333. The Morgan fingerprint density at radius 1 is 1.15 bits per heavy atom. The quantitative estimate of drug-likeness (QED) is 0.673. The van der Waals surface area contributed by atoms with Crippen molar-refractivity contribution in [2.75, 3.05) is 5.73 Å². The SMILES string of the molecule is CCc1ccc(COc2c(C3CCC3)ccc(-c3cnc(N)cn3)c2F)o1. The van der Waals surface area contributed by atoms with Crippen LogP contribution in [0.2, 0.25) is 0 Å². The molecule has 5 nitrogen and oxygen atoms in total. The van der Waals surface area contributed by atoms with Gasteiger partial charge in [-0.15, -0.1) is 0 Å². The molecule has 1 aromatic carbocycles. The largest absolute Gasteiger partial charge is 0.482 e. The van der Waals surface area contributed by atoms with Crippen molar-refractivity contribution >= 4 is 5.82 Å². The second-order valence-electron chi connectivity index (χ2n) is 6.81.